The second-order valence-corrected chi connectivity index (χ2v) is 6.63. The van der Waals surface area contributed by atoms with Crippen molar-refractivity contribution in [2.75, 3.05) is 6.61 Å². The van der Waals surface area contributed by atoms with Crippen molar-refractivity contribution in [1.29, 1.82) is 0 Å². The molecule has 0 bridgehead atoms. The summed E-state index contributed by atoms with van der Waals surface area (Å²) in [6.07, 6.45) is 5.76. The van der Waals surface area contributed by atoms with Crippen LogP contribution >= 0.6 is 0 Å². The molecule has 0 unspecified atom stereocenters. The molecule has 0 heterocycles. The highest BCUT2D eigenvalue weighted by Crippen LogP contribution is 2.22. The van der Waals surface area contributed by atoms with Crippen LogP contribution in [0.4, 0.5) is 0 Å². The maximum atomic E-state index is 5.56. The van der Waals surface area contributed by atoms with Crippen LogP contribution in [-0.2, 0) is 23.0 Å². The molecule has 0 aromatic heterocycles. The number of ether oxygens (including phenoxy) is 1. The van der Waals surface area contributed by atoms with Gasteiger partial charge in [-0.05, 0) is 34.6 Å². The molecule has 22 heavy (non-hydrogen) atoms. The largest absolute Gasteiger partial charge is 0.501 e. The lowest BCUT2D eigenvalue weighted by atomic mass is 9.86. The van der Waals surface area contributed by atoms with Crippen LogP contribution in [0.3, 0.4) is 0 Å². The predicted octanol–water partition coefficient (Wildman–Crippen LogP) is 5.30. The van der Waals surface area contributed by atoms with Crippen LogP contribution in [-0.4, -0.2) is 6.61 Å². The van der Waals surface area contributed by atoms with E-state index in [9.17, 15) is 0 Å². The zero-order valence-electron chi connectivity index (χ0n) is 13.9. The number of hydrogen-bond donors (Lipinski definition) is 0. The zero-order chi connectivity index (χ0) is 15.8. The first-order chi connectivity index (χ1) is 10.6. The quantitative estimate of drug-likeness (QED) is 0.519. The number of benzene rings is 2. The summed E-state index contributed by atoms with van der Waals surface area (Å²) in [6.45, 7) is 7.44. The Morgan fingerprint density at radius 3 is 2.18 bits per heavy atom. The van der Waals surface area contributed by atoms with E-state index in [0.29, 0.717) is 0 Å². The molecule has 0 N–H and O–H groups in total. The molecule has 0 saturated carbocycles. The topological polar surface area (TPSA) is 9.23 Å². The minimum Gasteiger partial charge on any atom is -0.501 e. The van der Waals surface area contributed by atoms with Gasteiger partial charge in [0.05, 0.1) is 12.9 Å². The first kappa shape index (κ1) is 16.4. The zero-order valence-corrected chi connectivity index (χ0v) is 13.9. The smallest absolute Gasteiger partial charge is 0.0913 e. The van der Waals surface area contributed by atoms with Crippen LogP contribution in [0.5, 0.6) is 0 Å². The molecule has 0 amide bonds. The van der Waals surface area contributed by atoms with Crippen molar-refractivity contribution in [3.63, 3.8) is 0 Å². The summed E-state index contributed by atoms with van der Waals surface area (Å²) in [6, 6.07) is 19.3. The molecular weight excluding hydrogens is 268 g/mol. The normalized spacial score (nSPS) is 11.8. The molecule has 0 spiro atoms. The van der Waals surface area contributed by atoms with Crippen molar-refractivity contribution < 1.29 is 4.74 Å². The number of rotatable bonds is 6. The molecule has 0 saturated heterocycles. The van der Waals surface area contributed by atoms with E-state index in [4.69, 9.17) is 4.74 Å². The Balaban J connectivity index is 1.71. The van der Waals surface area contributed by atoms with Crippen molar-refractivity contribution in [2.24, 2.45) is 0 Å². The lowest BCUT2D eigenvalue weighted by Crippen LogP contribution is -2.10. The van der Waals surface area contributed by atoms with Crippen LogP contribution in [0.1, 0.15) is 37.5 Å². The predicted molar refractivity (Wildman–Crippen MR) is 94.1 cm³/mol. The van der Waals surface area contributed by atoms with Gasteiger partial charge in [-0.25, -0.2) is 0 Å². The van der Waals surface area contributed by atoms with E-state index in [1.807, 2.05) is 12.3 Å². The van der Waals surface area contributed by atoms with Gasteiger partial charge in [0.15, 0.2) is 0 Å². The molecule has 1 heteroatoms. The molecule has 0 fully saturated rings. The Bertz CT molecular complexity index is 574. The molecular formula is C21H26O. The average Bonchev–Trinajstić information content (AvgIpc) is 2.51. The molecule has 0 aliphatic rings. The van der Waals surface area contributed by atoms with Gasteiger partial charge in [0.25, 0.3) is 0 Å². The van der Waals surface area contributed by atoms with E-state index < -0.39 is 0 Å². The van der Waals surface area contributed by atoms with Crippen molar-refractivity contribution in [1.82, 2.24) is 0 Å². The molecule has 0 aliphatic carbocycles. The molecule has 2 aromatic rings. The third-order valence-electron chi connectivity index (χ3n) is 3.72. The second-order valence-electron chi connectivity index (χ2n) is 6.63. The van der Waals surface area contributed by atoms with Gasteiger partial charge in [-0.1, -0.05) is 75.4 Å². The highest BCUT2D eigenvalue weighted by molar-refractivity contribution is 5.28. The Kier molecular flexibility index (Phi) is 5.83. The van der Waals surface area contributed by atoms with E-state index in [1.165, 1.54) is 16.7 Å². The Labute approximate surface area is 134 Å². The lowest BCUT2D eigenvalue weighted by molar-refractivity contribution is 0.253. The summed E-state index contributed by atoms with van der Waals surface area (Å²) in [4.78, 5) is 0. The molecule has 2 rings (SSSR count). The van der Waals surface area contributed by atoms with Crippen LogP contribution in [0, 0.1) is 0 Å². The maximum absolute atomic E-state index is 5.56. The Morgan fingerprint density at radius 1 is 0.864 bits per heavy atom. The van der Waals surface area contributed by atoms with E-state index in [0.717, 1.165) is 19.4 Å². The van der Waals surface area contributed by atoms with Gasteiger partial charge in [0, 0.05) is 6.42 Å². The van der Waals surface area contributed by atoms with Gasteiger partial charge < -0.3 is 4.74 Å². The van der Waals surface area contributed by atoms with Gasteiger partial charge in [-0.15, -0.1) is 0 Å². The summed E-state index contributed by atoms with van der Waals surface area (Å²) in [5.74, 6) is 0. The molecule has 1 nitrogen and oxygen atoms in total. The minimum absolute atomic E-state index is 0.217. The van der Waals surface area contributed by atoms with Crippen LogP contribution < -0.4 is 0 Å². The third-order valence-corrected chi connectivity index (χ3v) is 3.72. The third kappa shape index (κ3) is 5.40. The fourth-order valence-corrected chi connectivity index (χ4v) is 2.28. The van der Waals surface area contributed by atoms with Gasteiger partial charge in [0.1, 0.15) is 0 Å². The van der Waals surface area contributed by atoms with Gasteiger partial charge in [-0.3, -0.25) is 0 Å². The maximum Gasteiger partial charge on any atom is 0.0913 e. The van der Waals surface area contributed by atoms with E-state index in [1.54, 1.807) is 0 Å². The lowest BCUT2D eigenvalue weighted by Gasteiger charge is -2.18. The first-order valence-electron chi connectivity index (χ1n) is 7.96. The van der Waals surface area contributed by atoms with Gasteiger partial charge in [-0.2, -0.15) is 0 Å². The molecule has 0 radical (unpaired) electrons. The summed E-state index contributed by atoms with van der Waals surface area (Å²) >= 11 is 0. The van der Waals surface area contributed by atoms with Crippen molar-refractivity contribution in [2.45, 2.75) is 39.0 Å². The molecule has 0 aliphatic heterocycles. The second kappa shape index (κ2) is 7.84. The SMILES string of the molecule is CC(C)(C)c1ccc(CC=COCCc2ccccc2)cc1. The summed E-state index contributed by atoms with van der Waals surface area (Å²) in [7, 11) is 0. The van der Waals surface area contributed by atoms with Crippen LogP contribution in [0.25, 0.3) is 0 Å². The van der Waals surface area contributed by atoms with Crippen LogP contribution in [0.15, 0.2) is 66.9 Å². The van der Waals surface area contributed by atoms with E-state index >= 15 is 0 Å². The summed E-state index contributed by atoms with van der Waals surface area (Å²) < 4.78 is 5.56. The van der Waals surface area contributed by atoms with Crippen molar-refractivity contribution >= 4 is 0 Å². The highest BCUT2D eigenvalue weighted by Gasteiger charge is 2.12. The first-order valence-corrected chi connectivity index (χ1v) is 7.96. The standard InChI is InChI=1S/C21H26O/c1-21(2,3)20-13-11-19(12-14-20)10-7-16-22-17-15-18-8-5-4-6-9-18/h4-9,11-14,16H,10,15,17H2,1-3H3. The Morgan fingerprint density at radius 2 is 1.55 bits per heavy atom. The average molecular weight is 294 g/mol. The fourth-order valence-electron chi connectivity index (χ4n) is 2.28. The Hall–Kier alpha value is -2.02. The minimum atomic E-state index is 0.217. The summed E-state index contributed by atoms with van der Waals surface area (Å²) in [5.41, 5.74) is 4.22. The fraction of sp³-hybridized carbons (Fsp3) is 0.333. The molecule has 116 valence electrons. The highest BCUT2D eigenvalue weighted by atomic mass is 16.5. The van der Waals surface area contributed by atoms with E-state index in [-0.39, 0.29) is 5.41 Å². The number of allylic oxidation sites excluding steroid dienone is 1. The number of hydrogen-bond acceptors (Lipinski definition) is 1. The monoisotopic (exact) mass is 294 g/mol. The van der Waals surface area contributed by atoms with Crippen molar-refractivity contribution in [3.8, 4) is 0 Å². The van der Waals surface area contributed by atoms with Crippen LogP contribution in [0.2, 0.25) is 0 Å². The van der Waals surface area contributed by atoms with Gasteiger partial charge in [0.2, 0.25) is 0 Å². The van der Waals surface area contributed by atoms with E-state index in [2.05, 4.69) is 75.4 Å². The molecule has 0 atom stereocenters. The molecule has 2 aromatic carbocycles. The van der Waals surface area contributed by atoms with Crippen molar-refractivity contribution in [3.05, 3.63) is 83.6 Å². The summed E-state index contributed by atoms with van der Waals surface area (Å²) in [5, 5.41) is 0. The van der Waals surface area contributed by atoms with Gasteiger partial charge >= 0.3 is 0 Å².